The molecule has 2 N–H and O–H groups in total. The molecule has 1 heterocycles. The fourth-order valence-corrected chi connectivity index (χ4v) is 2.06. The van der Waals surface area contributed by atoms with Gasteiger partial charge in [-0.2, -0.15) is 4.98 Å². The fourth-order valence-electron chi connectivity index (χ4n) is 1.90. The molecule has 6 nitrogen and oxygen atoms in total. The molecule has 0 atom stereocenters. The molecule has 0 amide bonds. The SMILES string of the molecule is CCCCNc1ccnc(Nc2cc(C(=O)OC)ccc2Cl)n1. The minimum absolute atomic E-state index is 0.399. The second-order valence-electron chi connectivity index (χ2n) is 4.86. The number of carbonyl (C=O) groups excluding carboxylic acids is 1. The van der Waals surface area contributed by atoms with Gasteiger partial charge in [0.15, 0.2) is 0 Å². The predicted octanol–water partition coefficient (Wildman–Crippen LogP) is 3.87. The second kappa shape index (κ2) is 8.33. The van der Waals surface area contributed by atoms with E-state index in [-0.39, 0.29) is 0 Å². The van der Waals surface area contributed by atoms with Crippen molar-refractivity contribution in [2.45, 2.75) is 19.8 Å². The van der Waals surface area contributed by atoms with E-state index in [1.807, 2.05) is 0 Å². The number of ether oxygens (including phenoxy) is 1. The number of benzene rings is 1. The maximum absolute atomic E-state index is 11.6. The minimum atomic E-state index is -0.430. The van der Waals surface area contributed by atoms with E-state index in [4.69, 9.17) is 16.3 Å². The Hall–Kier alpha value is -2.34. The van der Waals surface area contributed by atoms with E-state index in [0.29, 0.717) is 22.2 Å². The van der Waals surface area contributed by atoms with Crippen LogP contribution in [0.2, 0.25) is 5.02 Å². The average Bonchev–Trinajstić information content (AvgIpc) is 2.57. The first-order chi connectivity index (χ1) is 11.1. The van der Waals surface area contributed by atoms with E-state index in [0.717, 1.165) is 25.2 Å². The molecule has 0 radical (unpaired) electrons. The zero-order valence-corrected chi connectivity index (χ0v) is 13.9. The quantitative estimate of drug-likeness (QED) is 0.591. The van der Waals surface area contributed by atoms with Crippen LogP contribution in [0.3, 0.4) is 0 Å². The van der Waals surface area contributed by atoms with Crippen LogP contribution in [0.1, 0.15) is 30.1 Å². The largest absolute Gasteiger partial charge is 0.465 e. The summed E-state index contributed by atoms with van der Waals surface area (Å²) in [7, 11) is 1.33. The van der Waals surface area contributed by atoms with Crippen molar-refractivity contribution in [1.29, 1.82) is 0 Å². The van der Waals surface area contributed by atoms with E-state index in [1.165, 1.54) is 7.11 Å². The number of anilines is 3. The molecule has 0 aliphatic heterocycles. The van der Waals surface area contributed by atoms with Gasteiger partial charge in [0.25, 0.3) is 0 Å². The first-order valence-corrected chi connectivity index (χ1v) is 7.73. The molecule has 0 saturated carbocycles. The Morgan fingerprint density at radius 3 is 2.91 bits per heavy atom. The summed E-state index contributed by atoms with van der Waals surface area (Å²) in [6.07, 6.45) is 3.83. The fraction of sp³-hybridized carbons (Fsp3) is 0.312. The summed E-state index contributed by atoms with van der Waals surface area (Å²) in [5, 5.41) is 6.71. The number of rotatable bonds is 7. The molecule has 1 aromatic carbocycles. The number of nitrogens with zero attached hydrogens (tertiary/aromatic N) is 2. The van der Waals surface area contributed by atoms with Crippen LogP contribution in [0.25, 0.3) is 0 Å². The van der Waals surface area contributed by atoms with E-state index in [9.17, 15) is 4.79 Å². The van der Waals surface area contributed by atoms with Crippen LogP contribution in [-0.2, 0) is 4.74 Å². The van der Waals surface area contributed by atoms with Crippen LogP contribution in [0, 0.1) is 0 Å². The maximum atomic E-state index is 11.6. The number of nitrogens with one attached hydrogen (secondary N) is 2. The van der Waals surface area contributed by atoms with Crippen molar-refractivity contribution in [1.82, 2.24) is 9.97 Å². The Balaban J connectivity index is 2.15. The van der Waals surface area contributed by atoms with Gasteiger partial charge in [-0.1, -0.05) is 24.9 Å². The average molecular weight is 335 g/mol. The van der Waals surface area contributed by atoms with Gasteiger partial charge in [-0.15, -0.1) is 0 Å². The lowest BCUT2D eigenvalue weighted by Gasteiger charge is -2.10. The van der Waals surface area contributed by atoms with Crippen molar-refractivity contribution >= 4 is 35.0 Å². The number of carbonyl (C=O) groups is 1. The molecule has 0 bridgehead atoms. The summed E-state index contributed by atoms with van der Waals surface area (Å²) < 4.78 is 4.70. The highest BCUT2D eigenvalue weighted by Crippen LogP contribution is 2.26. The number of methoxy groups -OCH3 is 1. The summed E-state index contributed by atoms with van der Waals surface area (Å²) in [6.45, 7) is 2.98. The summed E-state index contributed by atoms with van der Waals surface area (Å²) in [5.74, 6) is 0.701. The Bertz CT molecular complexity index is 679. The number of aromatic nitrogens is 2. The third kappa shape index (κ3) is 4.82. The lowest BCUT2D eigenvalue weighted by atomic mass is 10.2. The van der Waals surface area contributed by atoms with Gasteiger partial charge in [-0.25, -0.2) is 9.78 Å². The zero-order valence-electron chi connectivity index (χ0n) is 13.1. The molecule has 0 fully saturated rings. The van der Waals surface area contributed by atoms with Crippen molar-refractivity contribution < 1.29 is 9.53 Å². The van der Waals surface area contributed by atoms with Crippen LogP contribution in [-0.4, -0.2) is 29.6 Å². The standard InChI is InChI=1S/C16H19ClN4O2/c1-3-4-8-18-14-7-9-19-16(21-14)20-13-10-11(15(22)23-2)5-6-12(13)17/h5-7,9-10H,3-4,8H2,1-2H3,(H2,18,19,20,21). The van der Waals surface area contributed by atoms with Gasteiger partial charge in [-0.05, 0) is 30.7 Å². The third-order valence-corrected chi connectivity index (χ3v) is 3.46. The monoisotopic (exact) mass is 334 g/mol. The predicted molar refractivity (Wildman–Crippen MR) is 91.5 cm³/mol. The molecule has 7 heteroatoms. The number of unbranched alkanes of at least 4 members (excludes halogenated alkanes) is 1. The molecule has 0 saturated heterocycles. The molecular weight excluding hydrogens is 316 g/mol. The summed E-state index contributed by atoms with van der Waals surface area (Å²) in [4.78, 5) is 20.1. The number of hydrogen-bond donors (Lipinski definition) is 2. The van der Waals surface area contributed by atoms with Crippen LogP contribution >= 0.6 is 11.6 Å². The normalized spacial score (nSPS) is 10.2. The molecule has 1 aromatic heterocycles. The van der Waals surface area contributed by atoms with Crippen LogP contribution in [0.5, 0.6) is 0 Å². The molecule has 2 aromatic rings. The van der Waals surface area contributed by atoms with Gasteiger partial charge in [0.05, 0.1) is 23.4 Å². The summed E-state index contributed by atoms with van der Waals surface area (Å²) in [5.41, 5.74) is 0.942. The van der Waals surface area contributed by atoms with Gasteiger partial charge < -0.3 is 15.4 Å². The van der Waals surface area contributed by atoms with Gasteiger partial charge in [0, 0.05) is 12.7 Å². The van der Waals surface area contributed by atoms with Gasteiger partial charge in [0.2, 0.25) is 5.95 Å². The van der Waals surface area contributed by atoms with Gasteiger partial charge in [-0.3, -0.25) is 0 Å². The summed E-state index contributed by atoms with van der Waals surface area (Å²) in [6, 6.07) is 6.63. The molecule has 2 rings (SSSR count). The Morgan fingerprint density at radius 2 is 2.17 bits per heavy atom. The van der Waals surface area contributed by atoms with Crippen molar-refractivity contribution in [2.24, 2.45) is 0 Å². The van der Waals surface area contributed by atoms with Crippen molar-refractivity contribution in [2.75, 3.05) is 24.3 Å². The Morgan fingerprint density at radius 1 is 1.35 bits per heavy atom. The van der Waals surface area contributed by atoms with E-state index >= 15 is 0 Å². The van der Waals surface area contributed by atoms with Gasteiger partial charge in [0.1, 0.15) is 5.82 Å². The van der Waals surface area contributed by atoms with Crippen molar-refractivity contribution in [3.63, 3.8) is 0 Å². The molecule has 0 unspecified atom stereocenters. The van der Waals surface area contributed by atoms with E-state index < -0.39 is 5.97 Å². The van der Waals surface area contributed by atoms with Crippen LogP contribution < -0.4 is 10.6 Å². The summed E-state index contributed by atoms with van der Waals surface area (Å²) >= 11 is 6.15. The van der Waals surface area contributed by atoms with Crippen LogP contribution in [0.15, 0.2) is 30.5 Å². The van der Waals surface area contributed by atoms with Gasteiger partial charge >= 0.3 is 5.97 Å². The number of hydrogen-bond acceptors (Lipinski definition) is 6. The number of esters is 1. The number of halogens is 1. The highest BCUT2D eigenvalue weighted by atomic mass is 35.5. The first-order valence-electron chi connectivity index (χ1n) is 7.36. The first kappa shape index (κ1) is 17.0. The highest BCUT2D eigenvalue weighted by molar-refractivity contribution is 6.33. The van der Waals surface area contributed by atoms with E-state index in [1.54, 1.807) is 30.5 Å². The molecule has 23 heavy (non-hydrogen) atoms. The Labute approximate surface area is 140 Å². The topological polar surface area (TPSA) is 76.1 Å². The zero-order chi connectivity index (χ0) is 16.7. The third-order valence-electron chi connectivity index (χ3n) is 3.13. The lowest BCUT2D eigenvalue weighted by molar-refractivity contribution is 0.0601. The highest BCUT2D eigenvalue weighted by Gasteiger charge is 2.10. The van der Waals surface area contributed by atoms with Crippen LogP contribution in [0.4, 0.5) is 17.5 Å². The van der Waals surface area contributed by atoms with Crippen molar-refractivity contribution in [3.8, 4) is 0 Å². The smallest absolute Gasteiger partial charge is 0.337 e. The Kier molecular flexibility index (Phi) is 6.17. The van der Waals surface area contributed by atoms with Crippen molar-refractivity contribution in [3.05, 3.63) is 41.0 Å². The second-order valence-corrected chi connectivity index (χ2v) is 5.26. The molecule has 0 spiro atoms. The maximum Gasteiger partial charge on any atom is 0.337 e. The molecule has 122 valence electrons. The molecular formula is C16H19ClN4O2. The lowest BCUT2D eigenvalue weighted by Crippen LogP contribution is -2.06. The van der Waals surface area contributed by atoms with E-state index in [2.05, 4.69) is 27.5 Å². The minimum Gasteiger partial charge on any atom is -0.465 e. The molecule has 0 aliphatic rings. The molecule has 0 aliphatic carbocycles.